The molecule has 29 heavy (non-hydrogen) atoms. The number of amidine groups is 1. The van der Waals surface area contributed by atoms with Crippen molar-refractivity contribution in [1.29, 1.82) is 0 Å². The zero-order valence-corrected chi connectivity index (χ0v) is 15.9. The maximum atomic E-state index is 14.9. The zero-order valence-electron chi connectivity index (χ0n) is 15.9. The normalized spacial score (nSPS) is 21.8. The van der Waals surface area contributed by atoms with Crippen LogP contribution in [0.1, 0.15) is 53.1 Å². The van der Waals surface area contributed by atoms with E-state index in [2.05, 4.69) is 15.3 Å². The molecule has 0 amide bonds. The predicted molar refractivity (Wildman–Crippen MR) is 103 cm³/mol. The Morgan fingerprint density at radius 3 is 2.72 bits per heavy atom. The highest BCUT2D eigenvalue weighted by molar-refractivity contribution is 6.02. The van der Waals surface area contributed by atoms with E-state index in [4.69, 9.17) is 0 Å². The largest absolute Gasteiger partial charge is 0.368 e. The van der Waals surface area contributed by atoms with Crippen LogP contribution < -0.4 is 5.32 Å². The van der Waals surface area contributed by atoms with Gasteiger partial charge >= 0.3 is 6.10 Å². The second kappa shape index (κ2) is 6.98. The van der Waals surface area contributed by atoms with Crippen molar-refractivity contribution in [2.24, 2.45) is 4.99 Å². The summed E-state index contributed by atoms with van der Waals surface area (Å²) in [5, 5.41) is 30.2. The number of aromatic nitrogens is 1. The number of aldehydes is 1. The van der Waals surface area contributed by atoms with Crippen molar-refractivity contribution in [1.82, 2.24) is 10.3 Å². The van der Waals surface area contributed by atoms with Crippen LogP contribution >= 0.6 is 0 Å². The monoisotopic (exact) mass is 399 g/mol. The Bertz CT molecular complexity index is 998. The summed E-state index contributed by atoms with van der Waals surface area (Å²) in [4.78, 5) is 20.8. The van der Waals surface area contributed by atoms with Crippen molar-refractivity contribution in [2.45, 2.75) is 43.1 Å². The molecule has 0 aliphatic heterocycles. The van der Waals surface area contributed by atoms with Crippen LogP contribution in [-0.2, 0) is 16.6 Å². The molecular weight excluding hydrogens is 377 g/mol. The van der Waals surface area contributed by atoms with Gasteiger partial charge in [-0.25, -0.2) is 4.39 Å². The van der Waals surface area contributed by atoms with Gasteiger partial charge in [0, 0.05) is 24.5 Å². The molecule has 0 saturated heterocycles. The summed E-state index contributed by atoms with van der Waals surface area (Å²) in [6.07, 6.45) is 2.04. The number of aliphatic imine (C=N–C) groups is 1. The maximum Gasteiger partial charge on any atom is 0.368 e. The molecule has 2 aliphatic rings. The number of hydrogen-bond acceptors (Lipinski definition) is 6. The number of nitrogens with one attached hydrogen (secondary N) is 1. The van der Waals surface area contributed by atoms with E-state index in [1.807, 2.05) is 6.07 Å². The van der Waals surface area contributed by atoms with E-state index in [1.54, 1.807) is 18.3 Å². The number of halogens is 1. The molecule has 1 aromatic carbocycles. The minimum absolute atomic E-state index is 0.101. The lowest BCUT2D eigenvalue weighted by molar-refractivity contribution is -0.321. The van der Waals surface area contributed by atoms with Gasteiger partial charge in [-0.3, -0.25) is 15.3 Å². The van der Waals surface area contributed by atoms with Gasteiger partial charge in [0.2, 0.25) is 0 Å². The van der Waals surface area contributed by atoms with Crippen LogP contribution in [0.4, 0.5) is 4.39 Å². The van der Waals surface area contributed by atoms with Gasteiger partial charge in [-0.05, 0) is 60.4 Å². The molecule has 1 atom stereocenters. The van der Waals surface area contributed by atoms with Crippen LogP contribution in [-0.4, -0.2) is 45.6 Å². The van der Waals surface area contributed by atoms with Crippen molar-refractivity contribution in [3.63, 3.8) is 0 Å². The second-order valence-electron chi connectivity index (χ2n) is 7.61. The topological polar surface area (TPSA) is 115 Å². The molecule has 1 heterocycles. The maximum absolute atomic E-state index is 14.9. The number of rotatable bonds is 5. The van der Waals surface area contributed by atoms with Crippen LogP contribution in [0.15, 0.2) is 35.5 Å². The third kappa shape index (κ3) is 3.43. The van der Waals surface area contributed by atoms with E-state index in [9.17, 15) is 24.5 Å². The highest BCUT2D eigenvalue weighted by atomic mass is 19.1. The van der Waals surface area contributed by atoms with Crippen LogP contribution in [0.3, 0.4) is 0 Å². The number of benzene rings is 1. The quantitative estimate of drug-likeness (QED) is 0.259. The molecule has 2 aliphatic carbocycles. The smallest absolute Gasteiger partial charge is 0.325 e. The number of hydrogen-bond donors (Lipinski definition) is 4. The Balaban J connectivity index is 1.96. The first-order valence-corrected chi connectivity index (χ1v) is 9.46. The fraction of sp³-hybridized carbons (Fsp3) is 0.381. The van der Waals surface area contributed by atoms with Crippen molar-refractivity contribution >= 4 is 12.1 Å². The number of fused-ring (bicyclic) bond motifs is 1. The molecular formula is C21H22FN3O4. The minimum atomic E-state index is -3.25. The van der Waals surface area contributed by atoms with E-state index in [-0.39, 0.29) is 17.3 Å². The van der Waals surface area contributed by atoms with Gasteiger partial charge in [0.05, 0.1) is 5.41 Å². The minimum Gasteiger partial charge on any atom is -0.325 e. The lowest BCUT2D eigenvalue weighted by atomic mass is 9.74. The number of nitrogens with zero attached hydrogens (tertiary/aromatic N) is 2. The number of aliphatic hydroxyl groups is 3. The first-order valence-electron chi connectivity index (χ1n) is 9.46. The Morgan fingerprint density at radius 1 is 1.34 bits per heavy atom. The van der Waals surface area contributed by atoms with Crippen molar-refractivity contribution in [3.05, 3.63) is 64.2 Å². The Labute approximate surface area is 167 Å². The Morgan fingerprint density at radius 2 is 2.10 bits per heavy atom. The lowest BCUT2D eigenvalue weighted by Gasteiger charge is -2.29. The fourth-order valence-corrected chi connectivity index (χ4v) is 4.22. The molecule has 8 heteroatoms. The van der Waals surface area contributed by atoms with Crippen molar-refractivity contribution in [3.8, 4) is 0 Å². The van der Waals surface area contributed by atoms with E-state index in [1.165, 1.54) is 13.1 Å². The average Bonchev–Trinajstić information content (AvgIpc) is 3.46. The summed E-state index contributed by atoms with van der Waals surface area (Å²) in [6, 6.07) is 6.50. The van der Waals surface area contributed by atoms with Crippen molar-refractivity contribution in [2.75, 3.05) is 7.05 Å². The molecule has 0 spiro atoms. The third-order valence-electron chi connectivity index (χ3n) is 5.73. The van der Waals surface area contributed by atoms with Gasteiger partial charge in [-0.2, -0.15) is 0 Å². The molecule has 1 aromatic heterocycles. The zero-order chi connectivity index (χ0) is 20.8. The first-order chi connectivity index (χ1) is 13.8. The number of carbonyl (C=O) groups excluding carboxylic acids is 1. The molecule has 0 bridgehead atoms. The standard InChI is InChI=1S/C21H22FN3O4/c1-23-19(25-21(27,28)29)14-10-17(22)13(12-4-5-12)9-16(14)20(11-26)7-6-18-15(20)3-2-8-24-18/h2-3,8-12,27-29H,4-7H2,1H3,(H,23,25)/t20-/m0/s1. The first kappa shape index (κ1) is 19.6. The van der Waals surface area contributed by atoms with Gasteiger partial charge in [-0.1, -0.05) is 12.1 Å². The summed E-state index contributed by atoms with van der Waals surface area (Å²) in [7, 11) is 1.36. The molecule has 4 N–H and O–H groups in total. The van der Waals surface area contributed by atoms with Gasteiger partial charge in [0.1, 0.15) is 17.9 Å². The molecule has 7 nitrogen and oxygen atoms in total. The molecule has 1 fully saturated rings. The Kier molecular flexibility index (Phi) is 4.72. The molecule has 4 rings (SSSR count). The number of aryl methyl sites for hydroxylation is 1. The predicted octanol–water partition coefficient (Wildman–Crippen LogP) is 1.08. The van der Waals surface area contributed by atoms with Crippen LogP contribution in [0.2, 0.25) is 0 Å². The van der Waals surface area contributed by atoms with Crippen LogP contribution in [0, 0.1) is 5.82 Å². The van der Waals surface area contributed by atoms with E-state index >= 15 is 0 Å². The van der Waals surface area contributed by atoms with Crippen molar-refractivity contribution < 1.29 is 24.5 Å². The molecule has 152 valence electrons. The molecule has 0 unspecified atom stereocenters. The van der Waals surface area contributed by atoms with Gasteiger partial charge in [0.25, 0.3) is 0 Å². The fourth-order valence-electron chi connectivity index (χ4n) is 4.22. The molecule has 0 radical (unpaired) electrons. The summed E-state index contributed by atoms with van der Waals surface area (Å²) >= 11 is 0. The average molecular weight is 399 g/mol. The highest BCUT2D eigenvalue weighted by Crippen LogP contribution is 2.47. The van der Waals surface area contributed by atoms with Crippen LogP contribution in [0.25, 0.3) is 0 Å². The molecule has 1 saturated carbocycles. The van der Waals surface area contributed by atoms with E-state index in [0.717, 1.165) is 30.4 Å². The van der Waals surface area contributed by atoms with Gasteiger partial charge < -0.3 is 20.1 Å². The summed E-state index contributed by atoms with van der Waals surface area (Å²) < 4.78 is 14.9. The third-order valence-corrected chi connectivity index (χ3v) is 5.73. The van der Waals surface area contributed by atoms with Gasteiger partial charge in [-0.15, -0.1) is 0 Å². The van der Waals surface area contributed by atoms with Crippen LogP contribution in [0.5, 0.6) is 0 Å². The summed E-state index contributed by atoms with van der Waals surface area (Å²) in [6.45, 7) is 0. The lowest BCUT2D eigenvalue weighted by Crippen LogP contribution is -2.49. The second-order valence-corrected chi connectivity index (χ2v) is 7.61. The van der Waals surface area contributed by atoms with E-state index in [0.29, 0.717) is 24.0 Å². The summed E-state index contributed by atoms with van der Waals surface area (Å²) in [5.41, 5.74) is 1.67. The summed E-state index contributed by atoms with van der Waals surface area (Å²) in [5.74, 6) is -0.504. The number of carbonyl (C=O) groups is 1. The highest BCUT2D eigenvalue weighted by Gasteiger charge is 2.44. The van der Waals surface area contributed by atoms with Gasteiger partial charge in [0.15, 0.2) is 0 Å². The van der Waals surface area contributed by atoms with E-state index < -0.39 is 17.3 Å². The molecule has 2 aromatic rings. The SMILES string of the molecule is CN=C(NC(O)(O)O)c1cc(F)c(C2CC2)cc1[C@]1(C=O)CCc2ncccc21. The number of pyridine rings is 1. The Hall–Kier alpha value is -2.68.